The third-order valence-electron chi connectivity index (χ3n) is 5.01. The van der Waals surface area contributed by atoms with Crippen molar-refractivity contribution in [3.63, 3.8) is 0 Å². The van der Waals surface area contributed by atoms with Gasteiger partial charge < -0.3 is 14.6 Å². The molecule has 2 aromatic rings. The molecule has 6 heteroatoms. The molecule has 1 aromatic carbocycles. The van der Waals surface area contributed by atoms with Crippen LogP contribution in [0.2, 0.25) is 5.02 Å². The number of benzene rings is 1. The van der Waals surface area contributed by atoms with Gasteiger partial charge in [-0.2, -0.15) is 0 Å². The number of nitrogens with zero attached hydrogens (tertiary/aromatic N) is 2. The van der Waals surface area contributed by atoms with E-state index in [9.17, 15) is 4.79 Å². The fourth-order valence-corrected chi connectivity index (χ4v) is 3.91. The van der Waals surface area contributed by atoms with Gasteiger partial charge in [0.15, 0.2) is 0 Å². The molecule has 3 heterocycles. The van der Waals surface area contributed by atoms with E-state index in [2.05, 4.69) is 14.9 Å². The number of ether oxygens (including phenoxy) is 1. The first-order chi connectivity index (χ1) is 11.6. The lowest BCUT2D eigenvalue weighted by molar-refractivity contribution is -0.126. The first-order valence-electron chi connectivity index (χ1n) is 8.36. The number of fused-ring (bicyclic) bond motifs is 2. The van der Waals surface area contributed by atoms with Crippen molar-refractivity contribution in [2.75, 3.05) is 6.61 Å². The minimum absolute atomic E-state index is 0.000853. The number of aromatic nitrogens is 2. The third-order valence-corrected chi connectivity index (χ3v) is 5.31. The van der Waals surface area contributed by atoms with Gasteiger partial charge >= 0.3 is 0 Å². The van der Waals surface area contributed by atoms with Gasteiger partial charge in [0.25, 0.3) is 0 Å². The van der Waals surface area contributed by atoms with Crippen LogP contribution in [0.1, 0.15) is 36.0 Å². The SMILES string of the molecule is Cc1ncc2n1CCC(C(=O)NC1CCOc3c(Cl)cccc31)C2. The summed E-state index contributed by atoms with van der Waals surface area (Å²) in [7, 11) is 0. The Labute approximate surface area is 146 Å². The Bertz CT molecular complexity index is 787. The van der Waals surface area contributed by atoms with E-state index >= 15 is 0 Å². The number of amides is 1. The summed E-state index contributed by atoms with van der Waals surface area (Å²) in [4.78, 5) is 17.1. The number of aryl methyl sites for hydroxylation is 1. The molecule has 0 saturated heterocycles. The minimum Gasteiger partial charge on any atom is -0.492 e. The molecule has 2 atom stereocenters. The number of hydrogen-bond donors (Lipinski definition) is 1. The van der Waals surface area contributed by atoms with E-state index in [-0.39, 0.29) is 17.9 Å². The molecule has 0 bridgehead atoms. The molecule has 0 aliphatic carbocycles. The molecule has 24 heavy (non-hydrogen) atoms. The zero-order valence-electron chi connectivity index (χ0n) is 13.6. The molecule has 0 radical (unpaired) electrons. The smallest absolute Gasteiger partial charge is 0.224 e. The van der Waals surface area contributed by atoms with E-state index in [1.54, 1.807) is 0 Å². The monoisotopic (exact) mass is 345 g/mol. The van der Waals surface area contributed by atoms with E-state index in [0.29, 0.717) is 17.4 Å². The van der Waals surface area contributed by atoms with E-state index < -0.39 is 0 Å². The van der Waals surface area contributed by atoms with Crippen LogP contribution in [0.5, 0.6) is 5.75 Å². The van der Waals surface area contributed by atoms with Crippen LogP contribution in [-0.4, -0.2) is 22.1 Å². The molecular weight excluding hydrogens is 326 g/mol. The lowest BCUT2D eigenvalue weighted by Gasteiger charge is -2.30. The number of rotatable bonds is 2. The summed E-state index contributed by atoms with van der Waals surface area (Å²) < 4.78 is 7.87. The lowest BCUT2D eigenvalue weighted by Crippen LogP contribution is -2.39. The van der Waals surface area contributed by atoms with E-state index in [4.69, 9.17) is 16.3 Å². The number of imidazole rings is 1. The van der Waals surface area contributed by atoms with E-state index in [1.165, 1.54) is 0 Å². The Kier molecular flexibility index (Phi) is 3.96. The zero-order chi connectivity index (χ0) is 16.7. The zero-order valence-corrected chi connectivity index (χ0v) is 14.3. The number of carbonyl (C=O) groups is 1. The normalized spacial score (nSPS) is 22.2. The topological polar surface area (TPSA) is 56.2 Å². The summed E-state index contributed by atoms with van der Waals surface area (Å²) in [6.07, 6.45) is 4.25. The molecule has 1 N–H and O–H groups in total. The molecule has 2 unspecified atom stereocenters. The van der Waals surface area contributed by atoms with Gasteiger partial charge in [0.05, 0.1) is 17.7 Å². The van der Waals surface area contributed by atoms with Gasteiger partial charge in [0, 0.05) is 42.8 Å². The highest BCUT2D eigenvalue weighted by molar-refractivity contribution is 6.32. The van der Waals surface area contributed by atoms with Crippen LogP contribution < -0.4 is 10.1 Å². The largest absolute Gasteiger partial charge is 0.492 e. The molecular formula is C18H20ClN3O2. The number of hydrogen-bond acceptors (Lipinski definition) is 3. The summed E-state index contributed by atoms with van der Waals surface area (Å²) in [5.74, 6) is 1.84. The highest BCUT2D eigenvalue weighted by atomic mass is 35.5. The molecule has 1 amide bonds. The van der Waals surface area contributed by atoms with Gasteiger partial charge in [-0.15, -0.1) is 0 Å². The average molecular weight is 346 g/mol. The van der Waals surface area contributed by atoms with Crippen molar-refractivity contribution in [1.82, 2.24) is 14.9 Å². The second kappa shape index (κ2) is 6.13. The Morgan fingerprint density at radius 3 is 3.17 bits per heavy atom. The van der Waals surface area contributed by atoms with Crippen LogP contribution >= 0.6 is 11.6 Å². The van der Waals surface area contributed by atoms with Gasteiger partial charge in [-0.25, -0.2) is 4.98 Å². The number of carbonyl (C=O) groups excluding carboxylic acids is 1. The quantitative estimate of drug-likeness (QED) is 0.910. The number of para-hydroxylation sites is 1. The van der Waals surface area contributed by atoms with Crippen molar-refractivity contribution >= 4 is 17.5 Å². The molecule has 4 rings (SSSR count). The van der Waals surface area contributed by atoms with Gasteiger partial charge in [-0.3, -0.25) is 4.79 Å². The van der Waals surface area contributed by atoms with Crippen LogP contribution in [0.15, 0.2) is 24.4 Å². The highest BCUT2D eigenvalue weighted by Crippen LogP contribution is 2.37. The standard InChI is InChI=1S/C18H20ClN3O2/c1-11-20-10-13-9-12(5-7-22(11)13)18(23)21-16-6-8-24-17-14(16)3-2-4-15(17)19/h2-4,10,12,16H,5-9H2,1H3,(H,21,23). The maximum absolute atomic E-state index is 12.8. The third kappa shape index (κ3) is 2.67. The lowest BCUT2D eigenvalue weighted by atomic mass is 9.93. The maximum atomic E-state index is 12.8. The molecule has 0 fully saturated rings. The predicted octanol–water partition coefficient (Wildman–Crippen LogP) is 3.05. The molecule has 126 valence electrons. The fraction of sp³-hybridized carbons (Fsp3) is 0.444. The average Bonchev–Trinajstić information content (AvgIpc) is 2.96. The van der Waals surface area contributed by atoms with Crippen LogP contribution in [-0.2, 0) is 17.8 Å². The molecule has 1 aromatic heterocycles. The predicted molar refractivity (Wildman–Crippen MR) is 91.2 cm³/mol. The molecule has 5 nitrogen and oxygen atoms in total. The van der Waals surface area contributed by atoms with Gasteiger partial charge in [-0.1, -0.05) is 23.7 Å². The van der Waals surface area contributed by atoms with Gasteiger partial charge in [0.1, 0.15) is 11.6 Å². The summed E-state index contributed by atoms with van der Waals surface area (Å²) in [5.41, 5.74) is 2.12. The Morgan fingerprint density at radius 1 is 1.42 bits per heavy atom. The van der Waals surface area contributed by atoms with Crippen molar-refractivity contribution in [3.05, 3.63) is 46.5 Å². The van der Waals surface area contributed by atoms with Crippen molar-refractivity contribution in [3.8, 4) is 5.75 Å². The Morgan fingerprint density at radius 2 is 2.29 bits per heavy atom. The molecule has 0 saturated carbocycles. The number of halogens is 1. The van der Waals surface area contributed by atoms with Crippen molar-refractivity contribution in [2.45, 2.75) is 38.8 Å². The first kappa shape index (κ1) is 15.5. The Balaban J connectivity index is 1.49. The van der Waals surface area contributed by atoms with Crippen molar-refractivity contribution in [2.24, 2.45) is 5.92 Å². The molecule has 2 aliphatic rings. The van der Waals surface area contributed by atoms with E-state index in [1.807, 2.05) is 31.3 Å². The number of nitrogens with one attached hydrogen (secondary N) is 1. The summed E-state index contributed by atoms with van der Waals surface area (Å²) in [6, 6.07) is 5.66. The van der Waals surface area contributed by atoms with Crippen LogP contribution in [0.4, 0.5) is 0 Å². The van der Waals surface area contributed by atoms with Crippen LogP contribution in [0.3, 0.4) is 0 Å². The summed E-state index contributed by atoms with van der Waals surface area (Å²) in [6.45, 7) is 3.43. The first-order valence-corrected chi connectivity index (χ1v) is 8.74. The fourth-order valence-electron chi connectivity index (χ4n) is 3.67. The van der Waals surface area contributed by atoms with Crippen LogP contribution in [0, 0.1) is 12.8 Å². The maximum Gasteiger partial charge on any atom is 0.224 e. The summed E-state index contributed by atoms with van der Waals surface area (Å²) >= 11 is 6.20. The van der Waals surface area contributed by atoms with Gasteiger partial charge in [-0.05, 0) is 19.4 Å². The molecule has 2 aliphatic heterocycles. The summed E-state index contributed by atoms with van der Waals surface area (Å²) in [5, 5.41) is 3.80. The van der Waals surface area contributed by atoms with Crippen molar-refractivity contribution in [1.29, 1.82) is 0 Å². The van der Waals surface area contributed by atoms with E-state index in [0.717, 1.165) is 42.9 Å². The Hall–Kier alpha value is -2.01. The second-order valence-electron chi connectivity index (χ2n) is 6.49. The van der Waals surface area contributed by atoms with Crippen LogP contribution in [0.25, 0.3) is 0 Å². The highest BCUT2D eigenvalue weighted by Gasteiger charge is 2.30. The second-order valence-corrected chi connectivity index (χ2v) is 6.90. The minimum atomic E-state index is -0.0338. The van der Waals surface area contributed by atoms with Gasteiger partial charge in [0.2, 0.25) is 5.91 Å². The molecule has 0 spiro atoms. The van der Waals surface area contributed by atoms with Crippen molar-refractivity contribution < 1.29 is 9.53 Å².